The normalized spacial score (nSPS) is 17.5. The van der Waals surface area contributed by atoms with Crippen molar-refractivity contribution in [1.29, 1.82) is 0 Å². The van der Waals surface area contributed by atoms with Gasteiger partial charge < -0.3 is 0 Å². The van der Waals surface area contributed by atoms with Gasteiger partial charge >= 0.3 is 0 Å². The van der Waals surface area contributed by atoms with Gasteiger partial charge in [-0.1, -0.05) is 11.1 Å². The van der Waals surface area contributed by atoms with Crippen LogP contribution in [0.5, 0.6) is 0 Å². The van der Waals surface area contributed by atoms with E-state index < -0.39 is 6.85 Å². The van der Waals surface area contributed by atoms with Crippen molar-refractivity contribution in [1.82, 2.24) is 0 Å². The van der Waals surface area contributed by atoms with Gasteiger partial charge in [-0.2, -0.15) is 0 Å². The van der Waals surface area contributed by atoms with Gasteiger partial charge in [-0.15, -0.1) is 0 Å². The number of rotatable bonds is 0. The lowest BCUT2D eigenvalue weighted by Gasteiger charge is -1.88. The third-order valence-corrected chi connectivity index (χ3v) is 0.750. The molecule has 0 aliphatic heterocycles. The fraction of sp³-hybridized carbons (Fsp3) is 0.667. The van der Waals surface area contributed by atoms with Gasteiger partial charge in [-0.3, -0.25) is 0 Å². The number of hydrogen-bond acceptors (Lipinski definition) is 0. The highest BCUT2D eigenvalue weighted by atomic mass is 13.8. The van der Waals surface area contributed by atoms with Crippen LogP contribution in [0.3, 0.4) is 0 Å². The molecule has 0 aliphatic carbocycles. The maximum absolute atomic E-state index is 6.94. The third-order valence-electron chi connectivity index (χ3n) is 0.750. The van der Waals surface area contributed by atoms with Crippen molar-refractivity contribution in [2.45, 2.75) is 27.6 Å². The van der Waals surface area contributed by atoms with Crippen LogP contribution in [0.2, 0.25) is 0 Å². The molecule has 0 fully saturated rings. The lowest BCUT2D eigenvalue weighted by molar-refractivity contribution is 1.23. The first-order valence-corrected chi connectivity index (χ1v) is 2.00. The highest BCUT2D eigenvalue weighted by molar-refractivity contribution is 5.02. The van der Waals surface area contributed by atoms with Crippen LogP contribution >= 0.6 is 0 Å². The van der Waals surface area contributed by atoms with Gasteiger partial charge in [0, 0.05) is 4.11 Å². The van der Waals surface area contributed by atoms with E-state index in [9.17, 15) is 0 Å². The molecule has 0 aromatic heterocycles. The second-order valence-corrected chi connectivity index (χ2v) is 1.62. The Balaban J connectivity index is 4.40. The molecule has 36 valence electrons. The predicted octanol–water partition coefficient (Wildman–Crippen LogP) is 2.36. The van der Waals surface area contributed by atoms with Gasteiger partial charge in [0.15, 0.2) is 0 Å². The van der Waals surface area contributed by atoms with E-state index in [0.29, 0.717) is 5.57 Å². The highest BCUT2D eigenvalue weighted by Crippen LogP contribution is 1.96. The summed E-state index contributed by atoms with van der Waals surface area (Å²) >= 11 is 0. The van der Waals surface area contributed by atoms with E-state index >= 15 is 0 Å². The summed E-state index contributed by atoms with van der Waals surface area (Å²) in [5.41, 5.74) is 1.39. The summed E-state index contributed by atoms with van der Waals surface area (Å²) in [6, 6.07) is 0. The second-order valence-electron chi connectivity index (χ2n) is 1.62. The zero-order chi connectivity index (χ0) is 7.65. The Hall–Kier alpha value is -0.260. The Morgan fingerprint density at radius 2 is 1.67 bits per heavy atom. The van der Waals surface area contributed by atoms with Crippen LogP contribution in [0.1, 0.15) is 31.7 Å². The molecule has 0 unspecified atom stereocenters. The molecule has 0 aliphatic rings. The SMILES string of the molecule is [2H]C([2H])([2H])C(C)=C(C)C. The maximum atomic E-state index is 6.94. The standard InChI is InChI=1S/C6H12/c1-5(2)6(3)4/h1-4H3/i1D3. The Labute approximate surface area is 44.1 Å². The molecule has 0 heteroatoms. The van der Waals surface area contributed by atoms with Crippen molar-refractivity contribution in [3.8, 4) is 0 Å². The molecule has 0 saturated heterocycles. The molecule has 6 heavy (non-hydrogen) atoms. The molecule has 0 amide bonds. The van der Waals surface area contributed by atoms with Crippen molar-refractivity contribution < 1.29 is 4.11 Å². The molecule has 0 nitrogen and oxygen atoms in total. The van der Waals surface area contributed by atoms with Crippen LogP contribution in [0.4, 0.5) is 0 Å². The minimum absolute atomic E-state index is 0.502. The van der Waals surface area contributed by atoms with Crippen LogP contribution in [0.15, 0.2) is 11.1 Å². The summed E-state index contributed by atoms with van der Waals surface area (Å²) < 4.78 is 20.8. The van der Waals surface area contributed by atoms with Crippen LogP contribution in [0, 0.1) is 0 Å². The maximum Gasteiger partial charge on any atom is 0.0276 e. The molecule has 0 bridgehead atoms. The Bertz CT molecular complexity index is 126. The third kappa shape index (κ3) is 2.01. The average Bonchev–Trinajstić information content (AvgIpc) is 1.62. The van der Waals surface area contributed by atoms with Crippen molar-refractivity contribution in [2.24, 2.45) is 0 Å². The molecular weight excluding hydrogens is 72.1 g/mol. The van der Waals surface area contributed by atoms with E-state index in [2.05, 4.69) is 0 Å². The van der Waals surface area contributed by atoms with E-state index in [0.717, 1.165) is 5.57 Å². The quantitative estimate of drug-likeness (QED) is 0.398. The van der Waals surface area contributed by atoms with Crippen LogP contribution in [-0.2, 0) is 0 Å². The van der Waals surface area contributed by atoms with Gasteiger partial charge in [-0.05, 0) is 27.6 Å². The van der Waals surface area contributed by atoms with Crippen molar-refractivity contribution in [3.05, 3.63) is 11.1 Å². The molecule has 0 N–H and O–H groups in total. The summed E-state index contributed by atoms with van der Waals surface area (Å²) in [6.07, 6.45) is 0. The molecule has 0 spiro atoms. The molecule has 0 aromatic rings. The number of allylic oxidation sites excluding steroid dienone is 2. The lowest BCUT2D eigenvalue weighted by Crippen LogP contribution is -1.66. The zero-order valence-electron chi connectivity index (χ0n) is 7.50. The molecule has 0 atom stereocenters. The topological polar surface area (TPSA) is 0 Å². The van der Waals surface area contributed by atoms with Crippen molar-refractivity contribution in [2.75, 3.05) is 0 Å². The first-order valence-electron chi connectivity index (χ1n) is 3.50. The summed E-state index contributed by atoms with van der Waals surface area (Å²) in [7, 11) is 0. The van der Waals surface area contributed by atoms with E-state index in [1.165, 1.54) is 0 Å². The van der Waals surface area contributed by atoms with Gasteiger partial charge in [0.25, 0.3) is 0 Å². The second kappa shape index (κ2) is 2.01. The van der Waals surface area contributed by atoms with Gasteiger partial charge in [0.1, 0.15) is 0 Å². The Morgan fingerprint density at radius 3 is 1.67 bits per heavy atom. The van der Waals surface area contributed by atoms with Crippen LogP contribution in [-0.4, -0.2) is 0 Å². The molecule has 0 aromatic carbocycles. The monoisotopic (exact) mass is 87.1 g/mol. The summed E-state index contributed by atoms with van der Waals surface area (Å²) in [4.78, 5) is 0. The highest BCUT2D eigenvalue weighted by Gasteiger charge is 1.75. The fourth-order valence-corrected chi connectivity index (χ4v) is 0. The number of hydrogen-bond donors (Lipinski definition) is 0. The Kier molecular flexibility index (Phi) is 0.722. The van der Waals surface area contributed by atoms with E-state index in [1.54, 1.807) is 6.92 Å². The van der Waals surface area contributed by atoms with Gasteiger partial charge in [-0.25, -0.2) is 0 Å². The van der Waals surface area contributed by atoms with Crippen molar-refractivity contribution in [3.63, 3.8) is 0 Å². The minimum atomic E-state index is -1.89. The van der Waals surface area contributed by atoms with Crippen LogP contribution < -0.4 is 0 Å². The molecule has 0 heterocycles. The Morgan fingerprint density at radius 1 is 1.17 bits per heavy atom. The van der Waals surface area contributed by atoms with E-state index in [-0.39, 0.29) is 0 Å². The van der Waals surface area contributed by atoms with Gasteiger partial charge in [0.2, 0.25) is 0 Å². The van der Waals surface area contributed by atoms with Gasteiger partial charge in [0.05, 0.1) is 0 Å². The lowest BCUT2D eigenvalue weighted by atomic mass is 10.2. The van der Waals surface area contributed by atoms with Crippen molar-refractivity contribution >= 4 is 0 Å². The zero-order valence-corrected chi connectivity index (χ0v) is 4.50. The fourth-order valence-electron chi connectivity index (χ4n) is 0. The summed E-state index contributed by atoms with van der Waals surface area (Å²) in [5, 5.41) is 0. The molecule has 0 radical (unpaired) electrons. The first-order chi connectivity index (χ1) is 3.85. The average molecular weight is 87.2 g/mol. The molecular formula is C6H12. The summed E-state index contributed by atoms with van der Waals surface area (Å²) in [6.45, 7) is 3.37. The smallest absolute Gasteiger partial charge is 0.0276 e. The minimum Gasteiger partial charge on any atom is -0.0778 e. The van der Waals surface area contributed by atoms with Crippen LogP contribution in [0.25, 0.3) is 0 Å². The largest absolute Gasteiger partial charge is 0.0778 e. The first kappa shape index (κ1) is 2.15. The molecule has 0 saturated carbocycles. The predicted molar refractivity (Wildman–Crippen MR) is 29.7 cm³/mol. The molecule has 0 rings (SSSR count). The van der Waals surface area contributed by atoms with E-state index in [1.807, 2.05) is 13.8 Å². The summed E-state index contributed by atoms with van der Waals surface area (Å²) in [5.74, 6) is 0. The van der Waals surface area contributed by atoms with E-state index in [4.69, 9.17) is 4.11 Å².